The minimum Gasteiger partial charge on any atom is -0.490 e. The minimum atomic E-state index is -0.100. The number of carbonyl (C=O) groups is 1. The van der Waals surface area contributed by atoms with Crippen molar-refractivity contribution in [3.63, 3.8) is 0 Å². The predicted molar refractivity (Wildman–Crippen MR) is 124 cm³/mol. The van der Waals surface area contributed by atoms with Crippen LogP contribution in [0.15, 0.2) is 49.1 Å². The molecule has 0 radical (unpaired) electrons. The largest absolute Gasteiger partial charge is 0.490 e. The number of hydrogen-bond donors (Lipinski definition) is 1. The standard InChI is InChI=1S/C24H26N6O3/c1-3-12-33-18-6-4-17(5-7-18)19-15-22(31)25-24-23(19)16(2)28-30(24)21-9-8-20(26-27-21)29-10-13-32-14-11-29/h3-9,19H,1,10-15H2,2H3,(H,25,31)/t19-/m1/s1. The molecule has 0 saturated carbocycles. The Morgan fingerprint density at radius 3 is 2.58 bits per heavy atom. The number of anilines is 2. The maximum absolute atomic E-state index is 12.6. The fraction of sp³-hybridized carbons (Fsp3) is 0.333. The van der Waals surface area contributed by atoms with Crippen LogP contribution in [0.2, 0.25) is 0 Å². The summed E-state index contributed by atoms with van der Waals surface area (Å²) in [7, 11) is 0. The van der Waals surface area contributed by atoms with Crippen molar-refractivity contribution in [2.24, 2.45) is 0 Å². The van der Waals surface area contributed by atoms with E-state index in [2.05, 4.69) is 27.0 Å². The number of aryl methyl sites for hydroxylation is 1. The van der Waals surface area contributed by atoms with Crippen molar-refractivity contribution in [1.82, 2.24) is 20.0 Å². The number of nitrogens with one attached hydrogen (secondary N) is 1. The van der Waals surface area contributed by atoms with Crippen molar-refractivity contribution < 1.29 is 14.3 Å². The number of hydrogen-bond acceptors (Lipinski definition) is 7. The van der Waals surface area contributed by atoms with Gasteiger partial charge in [0.05, 0.1) is 18.9 Å². The normalized spacial score (nSPS) is 17.9. The van der Waals surface area contributed by atoms with Crippen LogP contribution in [0.1, 0.15) is 29.2 Å². The number of carbonyl (C=O) groups excluding carboxylic acids is 1. The molecule has 33 heavy (non-hydrogen) atoms. The Bertz CT molecular complexity index is 1150. The minimum absolute atomic E-state index is 0.0569. The first-order chi connectivity index (χ1) is 16.1. The highest BCUT2D eigenvalue weighted by Gasteiger charge is 2.33. The summed E-state index contributed by atoms with van der Waals surface area (Å²) in [6, 6.07) is 11.6. The molecule has 4 heterocycles. The van der Waals surface area contributed by atoms with Gasteiger partial charge in [-0.05, 0) is 36.8 Å². The topological polar surface area (TPSA) is 94.4 Å². The molecule has 1 fully saturated rings. The fourth-order valence-electron chi connectivity index (χ4n) is 4.34. The third-order valence-corrected chi connectivity index (χ3v) is 5.94. The van der Waals surface area contributed by atoms with Crippen LogP contribution in [0.25, 0.3) is 5.82 Å². The van der Waals surface area contributed by atoms with Crippen molar-refractivity contribution in [2.45, 2.75) is 19.3 Å². The average molecular weight is 447 g/mol. The lowest BCUT2D eigenvalue weighted by Crippen LogP contribution is -2.36. The van der Waals surface area contributed by atoms with Gasteiger partial charge in [-0.2, -0.15) is 9.78 Å². The maximum atomic E-state index is 12.6. The van der Waals surface area contributed by atoms with Gasteiger partial charge in [0.1, 0.15) is 18.2 Å². The molecule has 0 bridgehead atoms. The molecule has 1 amide bonds. The Hall–Kier alpha value is -3.72. The Labute approximate surface area is 192 Å². The average Bonchev–Trinajstić information content (AvgIpc) is 3.19. The first kappa shape index (κ1) is 21.1. The van der Waals surface area contributed by atoms with Gasteiger partial charge < -0.3 is 19.7 Å². The van der Waals surface area contributed by atoms with Crippen LogP contribution in [-0.2, 0) is 9.53 Å². The van der Waals surface area contributed by atoms with E-state index in [1.807, 2.05) is 43.3 Å². The van der Waals surface area contributed by atoms with E-state index in [4.69, 9.17) is 14.6 Å². The zero-order chi connectivity index (χ0) is 22.8. The molecule has 2 aliphatic heterocycles. The van der Waals surface area contributed by atoms with Gasteiger partial charge in [-0.3, -0.25) is 4.79 Å². The molecule has 9 heteroatoms. The van der Waals surface area contributed by atoms with E-state index in [1.165, 1.54) is 0 Å². The number of benzene rings is 1. The van der Waals surface area contributed by atoms with Gasteiger partial charge in [-0.1, -0.05) is 24.8 Å². The van der Waals surface area contributed by atoms with E-state index in [0.717, 1.165) is 41.5 Å². The highest BCUT2D eigenvalue weighted by atomic mass is 16.5. The lowest BCUT2D eigenvalue weighted by molar-refractivity contribution is -0.116. The lowest BCUT2D eigenvalue weighted by atomic mass is 9.86. The highest BCUT2D eigenvalue weighted by molar-refractivity contribution is 5.95. The first-order valence-corrected chi connectivity index (χ1v) is 11.0. The van der Waals surface area contributed by atoms with Crippen LogP contribution in [0.3, 0.4) is 0 Å². The molecule has 1 aromatic carbocycles. The molecule has 5 rings (SSSR count). The van der Waals surface area contributed by atoms with Gasteiger partial charge in [0.2, 0.25) is 5.91 Å². The second kappa shape index (κ2) is 9.03. The number of rotatable bonds is 6. The summed E-state index contributed by atoms with van der Waals surface area (Å²) in [4.78, 5) is 14.8. The van der Waals surface area contributed by atoms with Crippen LogP contribution in [-0.4, -0.2) is 58.8 Å². The number of fused-ring (bicyclic) bond motifs is 1. The van der Waals surface area contributed by atoms with E-state index >= 15 is 0 Å². The predicted octanol–water partition coefficient (Wildman–Crippen LogP) is 2.85. The van der Waals surface area contributed by atoms with Crippen LogP contribution >= 0.6 is 0 Å². The van der Waals surface area contributed by atoms with Crippen LogP contribution in [0.5, 0.6) is 5.75 Å². The highest BCUT2D eigenvalue weighted by Crippen LogP contribution is 2.40. The summed E-state index contributed by atoms with van der Waals surface area (Å²) in [5, 5.41) is 16.5. The summed E-state index contributed by atoms with van der Waals surface area (Å²) in [5.74, 6) is 2.62. The fourth-order valence-corrected chi connectivity index (χ4v) is 4.34. The second-order valence-corrected chi connectivity index (χ2v) is 8.08. The quantitative estimate of drug-likeness (QED) is 0.582. The Kier molecular flexibility index (Phi) is 5.78. The Morgan fingerprint density at radius 2 is 1.88 bits per heavy atom. The van der Waals surface area contributed by atoms with Crippen molar-refractivity contribution in [2.75, 3.05) is 43.1 Å². The SMILES string of the molecule is C=CCOc1ccc([C@H]2CC(=O)Nc3c2c(C)nn3-c2ccc(N3CCOCC3)nn2)cc1. The van der Waals surface area contributed by atoms with Crippen LogP contribution < -0.4 is 15.0 Å². The van der Waals surface area contributed by atoms with E-state index in [-0.39, 0.29) is 11.8 Å². The van der Waals surface area contributed by atoms with E-state index in [0.29, 0.717) is 37.9 Å². The second-order valence-electron chi connectivity index (χ2n) is 8.08. The van der Waals surface area contributed by atoms with Crippen LogP contribution in [0, 0.1) is 6.92 Å². The molecule has 170 valence electrons. The van der Waals surface area contributed by atoms with Gasteiger partial charge in [0.15, 0.2) is 11.6 Å². The molecular formula is C24H26N6O3. The zero-order valence-electron chi connectivity index (χ0n) is 18.5. The molecule has 3 aromatic rings. The van der Waals surface area contributed by atoms with E-state index in [1.54, 1.807) is 10.8 Å². The smallest absolute Gasteiger partial charge is 0.226 e. The van der Waals surface area contributed by atoms with Gasteiger partial charge in [-0.15, -0.1) is 10.2 Å². The van der Waals surface area contributed by atoms with Gasteiger partial charge in [0, 0.05) is 31.0 Å². The summed E-state index contributed by atoms with van der Waals surface area (Å²) < 4.78 is 12.7. The Morgan fingerprint density at radius 1 is 1.15 bits per heavy atom. The summed E-state index contributed by atoms with van der Waals surface area (Å²) in [5.41, 5.74) is 2.88. The number of ether oxygens (including phenoxy) is 2. The van der Waals surface area contributed by atoms with Gasteiger partial charge in [-0.25, -0.2) is 0 Å². The molecule has 0 unspecified atom stereocenters. The van der Waals surface area contributed by atoms with Gasteiger partial charge in [0.25, 0.3) is 0 Å². The molecule has 1 saturated heterocycles. The summed E-state index contributed by atoms with van der Waals surface area (Å²) >= 11 is 0. The molecule has 1 atom stereocenters. The molecule has 2 aromatic heterocycles. The van der Waals surface area contributed by atoms with Crippen molar-refractivity contribution in [1.29, 1.82) is 0 Å². The van der Waals surface area contributed by atoms with E-state index in [9.17, 15) is 4.79 Å². The maximum Gasteiger partial charge on any atom is 0.226 e. The molecule has 0 aliphatic carbocycles. The molecule has 1 N–H and O–H groups in total. The number of nitrogens with zero attached hydrogens (tertiary/aromatic N) is 5. The third kappa shape index (κ3) is 4.19. The van der Waals surface area contributed by atoms with Crippen molar-refractivity contribution in [3.05, 3.63) is 65.9 Å². The molecule has 9 nitrogen and oxygen atoms in total. The summed E-state index contributed by atoms with van der Waals surface area (Å²) in [6.45, 7) is 9.03. The lowest BCUT2D eigenvalue weighted by Gasteiger charge is -2.27. The van der Waals surface area contributed by atoms with Gasteiger partial charge >= 0.3 is 0 Å². The van der Waals surface area contributed by atoms with Crippen molar-refractivity contribution in [3.8, 4) is 11.6 Å². The molecular weight excluding hydrogens is 420 g/mol. The number of amides is 1. The third-order valence-electron chi connectivity index (χ3n) is 5.94. The number of morpholine rings is 1. The van der Waals surface area contributed by atoms with E-state index < -0.39 is 0 Å². The molecule has 2 aliphatic rings. The van der Waals surface area contributed by atoms with Crippen LogP contribution in [0.4, 0.5) is 11.6 Å². The Balaban J connectivity index is 1.45. The summed E-state index contributed by atoms with van der Waals surface area (Å²) in [6.07, 6.45) is 2.06. The monoisotopic (exact) mass is 446 g/mol. The molecule has 0 spiro atoms. The zero-order valence-corrected chi connectivity index (χ0v) is 18.5. The number of aromatic nitrogens is 4. The first-order valence-electron chi connectivity index (χ1n) is 11.0. The van der Waals surface area contributed by atoms with Crippen molar-refractivity contribution >= 4 is 17.5 Å².